The molecule has 0 aromatic heterocycles. The molecule has 0 unspecified atom stereocenters. The molecule has 2 N–H and O–H groups in total. The third-order valence-electron chi connectivity index (χ3n) is 2.52. The van der Waals surface area contributed by atoms with Crippen LogP contribution in [0.2, 0.25) is 5.02 Å². The maximum absolute atomic E-state index is 13.4. The van der Waals surface area contributed by atoms with Crippen molar-refractivity contribution in [2.45, 2.75) is 0 Å². The molecule has 110 valence electrons. The fourth-order valence-corrected chi connectivity index (χ4v) is 1.80. The van der Waals surface area contributed by atoms with Gasteiger partial charge in [0.1, 0.15) is 17.5 Å². The van der Waals surface area contributed by atoms with Crippen molar-refractivity contribution in [1.29, 1.82) is 0 Å². The van der Waals surface area contributed by atoms with Gasteiger partial charge in [0.2, 0.25) is 5.91 Å². The molecule has 0 heterocycles. The number of nitrogens with one attached hydrogen (secondary N) is 2. The Hall–Kier alpha value is -2.21. The summed E-state index contributed by atoms with van der Waals surface area (Å²) in [6.45, 7) is -0.283. The van der Waals surface area contributed by atoms with Crippen molar-refractivity contribution in [2.75, 3.05) is 17.2 Å². The molecule has 21 heavy (non-hydrogen) atoms. The van der Waals surface area contributed by atoms with Gasteiger partial charge in [-0.25, -0.2) is 13.2 Å². The molecular weight excluding hydrogens is 305 g/mol. The summed E-state index contributed by atoms with van der Waals surface area (Å²) < 4.78 is 39.3. The minimum absolute atomic E-state index is 0.0697. The highest BCUT2D eigenvalue weighted by Gasteiger charge is 2.08. The molecule has 0 saturated heterocycles. The Labute approximate surface area is 123 Å². The van der Waals surface area contributed by atoms with E-state index in [0.717, 1.165) is 18.2 Å². The molecule has 0 aliphatic rings. The number of halogens is 4. The third kappa shape index (κ3) is 4.39. The van der Waals surface area contributed by atoms with E-state index in [0.29, 0.717) is 6.07 Å². The molecular formula is C14H10ClF3N2O. The third-order valence-corrected chi connectivity index (χ3v) is 2.75. The second-order valence-corrected chi connectivity index (χ2v) is 4.62. The van der Waals surface area contributed by atoms with Gasteiger partial charge in [0.05, 0.1) is 12.2 Å². The maximum Gasteiger partial charge on any atom is 0.243 e. The predicted molar refractivity (Wildman–Crippen MR) is 74.9 cm³/mol. The van der Waals surface area contributed by atoms with Crippen LogP contribution < -0.4 is 10.6 Å². The van der Waals surface area contributed by atoms with Crippen LogP contribution in [-0.4, -0.2) is 12.5 Å². The van der Waals surface area contributed by atoms with E-state index in [1.807, 2.05) is 0 Å². The number of amides is 1. The first kappa shape index (κ1) is 15.2. The van der Waals surface area contributed by atoms with Crippen LogP contribution in [-0.2, 0) is 4.79 Å². The van der Waals surface area contributed by atoms with Gasteiger partial charge in [-0.1, -0.05) is 11.6 Å². The lowest BCUT2D eigenvalue weighted by atomic mass is 10.3. The maximum atomic E-state index is 13.4. The van der Waals surface area contributed by atoms with Gasteiger partial charge in [0.15, 0.2) is 0 Å². The average Bonchev–Trinajstić information content (AvgIpc) is 2.40. The van der Waals surface area contributed by atoms with Crippen molar-refractivity contribution < 1.29 is 18.0 Å². The van der Waals surface area contributed by atoms with Crippen LogP contribution in [0.1, 0.15) is 0 Å². The molecule has 0 aliphatic carbocycles. The highest BCUT2D eigenvalue weighted by atomic mass is 35.5. The van der Waals surface area contributed by atoms with Crippen LogP contribution in [0.4, 0.5) is 24.5 Å². The monoisotopic (exact) mass is 314 g/mol. The largest absolute Gasteiger partial charge is 0.376 e. The minimum atomic E-state index is -0.765. The van der Waals surface area contributed by atoms with Gasteiger partial charge in [-0.15, -0.1) is 0 Å². The molecule has 7 heteroatoms. The van der Waals surface area contributed by atoms with E-state index in [-0.39, 0.29) is 22.9 Å². The van der Waals surface area contributed by atoms with Gasteiger partial charge in [0, 0.05) is 16.8 Å². The standard InChI is InChI=1S/C14H10ClF3N2O/c15-8-1-2-12(18)13(3-8)20-14(21)7-19-11-5-9(16)4-10(17)6-11/h1-6,19H,7H2,(H,20,21). The normalized spacial score (nSPS) is 10.3. The number of carbonyl (C=O) groups is 1. The second kappa shape index (κ2) is 6.49. The van der Waals surface area contributed by atoms with Crippen LogP contribution in [0, 0.1) is 17.5 Å². The van der Waals surface area contributed by atoms with Crippen molar-refractivity contribution in [3.63, 3.8) is 0 Å². The molecule has 0 fully saturated rings. The first-order valence-corrected chi connectivity index (χ1v) is 6.27. The van der Waals surface area contributed by atoms with Crippen LogP contribution in [0.3, 0.4) is 0 Å². The lowest BCUT2D eigenvalue weighted by molar-refractivity contribution is -0.114. The summed E-state index contributed by atoms with van der Waals surface area (Å²) >= 11 is 5.69. The van der Waals surface area contributed by atoms with E-state index in [2.05, 4.69) is 10.6 Å². The molecule has 1 amide bonds. The van der Waals surface area contributed by atoms with Gasteiger partial charge < -0.3 is 10.6 Å². The summed E-state index contributed by atoms with van der Waals surface area (Å²) in [7, 11) is 0. The zero-order chi connectivity index (χ0) is 15.4. The van der Waals surface area contributed by atoms with Crippen molar-refractivity contribution >= 4 is 28.9 Å². The Kier molecular flexibility index (Phi) is 4.70. The summed E-state index contributed by atoms with van der Waals surface area (Å²) in [5, 5.41) is 5.11. The Morgan fingerprint density at radius 1 is 1.05 bits per heavy atom. The summed E-state index contributed by atoms with van der Waals surface area (Å²) in [5.74, 6) is -2.75. The molecule has 0 bridgehead atoms. The van der Waals surface area contributed by atoms with Crippen LogP contribution in [0.5, 0.6) is 0 Å². The zero-order valence-electron chi connectivity index (χ0n) is 10.6. The molecule has 2 rings (SSSR count). The Morgan fingerprint density at radius 3 is 2.38 bits per heavy atom. The first-order valence-electron chi connectivity index (χ1n) is 5.89. The van der Waals surface area contributed by atoms with Crippen molar-refractivity contribution in [3.05, 3.63) is 58.9 Å². The van der Waals surface area contributed by atoms with Crippen LogP contribution in [0.25, 0.3) is 0 Å². The van der Waals surface area contributed by atoms with E-state index in [1.54, 1.807) is 0 Å². The topological polar surface area (TPSA) is 41.1 Å². The highest BCUT2D eigenvalue weighted by molar-refractivity contribution is 6.30. The van der Waals surface area contributed by atoms with Crippen LogP contribution >= 0.6 is 11.6 Å². The number of benzene rings is 2. The molecule has 2 aromatic carbocycles. The summed E-state index contributed by atoms with van der Waals surface area (Å²) in [6.07, 6.45) is 0. The number of anilines is 2. The van der Waals surface area contributed by atoms with E-state index in [1.165, 1.54) is 12.1 Å². The molecule has 2 aromatic rings. The molecule has 0 radical (unpaired) electrons. The van der Waals surface area contributed by atoms with E-state index in [9.17, 15) is 18.0 Å². The number of carbonyl (C=O) groups excluding carboxylic acids is 1. The van der Waals surface area contributed by atoms with Crippen molar-refractivity contribution in [3.8, 4) is 0 Å². The summed E-state index contributed by atoms with van der Waals surface area (Å²) in [6, 6.07) is 6.52. The summed E-state index contributed by atoms with van der Waals surface area (Å²) in [4.78, 5) is 11.6. The lowest BCUT2D eigenvalue weighted by Gasteiger charge is -2.09. The van der Waals surface area contributed by atoms with Crippen LogP contribution in [0.15, 0.2) is 36.4 Å². The molecule has 0 aliphatic heterocycles. The quantitative estimate of drug-likeness (QED) is 0.901. The van der Waals surface area contributed by atoms with Crippen molar-refractivity contribution in [2.24, 2.45) is 0 Å². The number of hydrogen-bond acceptors (Lipinski definition) is 2. The fourth-order valence-electron chi connectivity index (χ4n) is 1.63. The van der Waals surface area contributed by atoms with Gasteiger partial charge in [0.25, 0.3) is 0 Å². The zero-order valence-corrected chi connectivity index (χ0v) is 11.3. The fraction of sp³-hybridized carbons (Fsp3) is 0.0714. The van der Waals surface area contributed by atoms with Gasteiger partial charge in [-0.05, 0) is 30.3 Å². The Balaban J connectivity index is 1.97. The van der Waals surface area contributed by atoms with Gasteiger partial charge in [-0.2, -0.15) is 0 Å². The van der Waals surface area contributed by atoms with Crippen molar-refractivity contribution in [1.82, 2.24) is 0 Å². The average molecular weight is 315 g/mol. The second-order valence-electron chi connectivity index (χ2n) is 4.18. The SMILES string of the molecule is O=C(CNc1cc(F)cc(F)c1)Nc1cc(Cl)ccc1F. The number of hydrogen-bond donors (Lipinski definition) is 2. The molecule has 0 atom stereocenters. The Morgan fingerprint density at radius 2 is 1.71 bits per heavy atom. The van der Waals surface area contributed by atoms with Gasteiger partial charge >= 0.3 is 0 Å². The van der Waals surface area contributed by atoms with E-state index < -0.39 is 23.4 Å². The van der Waals surface area contributed by atoms with Gasteiger partial charge in [-0.3, -0.25) is 4.79 Å². The lowest BCUT2D eigenvalue weighted by Crippen LogP contribution is -2.22. The molecule has 3 nitrogen and oxygen atoms in total. The highest BCUT2D eigenvalue weighted by Crippen LogP contribution is 2.19. The number of rotatable bonds is 4. The van der Waals surface area contributed by atoms with E-state index in [4.69, 9.17) is 11.6 Å². The minimum Gasteiger partial charge on any atom is -0.376 e. The van der Waals surface area contributed by atoms with E-state index >= 15 is 0 Å². The predicted octanol–water partition coefficient (Wildman–Crippen LogP) is 3.81. The Bertz CT molecular complexity index is 659. The first-order chi connectivity index (χ1) is 9.94. The smallest absolute Gasteiger partial charge is 0.243 e. The molecule has 0 saturated carbocycles. The molecule has 0 spiro atoms. The summed E-state index contributed by atoms with van der Waals surface area (Å²) in [5.41, 5.74) is 0.0361.